The predicted octanol–water partition coefficient (Wildman–Crippen LogP) is 2.41. The summed E-state index contributed by atoms with van der Waals surface area (Å²) >= 11 is 1.68. The second-order valence-corrected chi connectivity index (χ2v) is 6.28. The Morgan fingerprint density at radius 2 is 2.10 bits per heavy atom. The first-order chi connectivity index (χ1) is 10.2. The lowest BCUT2D eigenvalue weighted by Gasteiger charge is -2.17. The van der Waals surface area contributed by atoms with Crippen molar-refractivity contribution in [1.29, 1.82) is 0 Å². The lowest BCUT2D eigenvalue weighted by atomic mass is 10.1. The number of phenolic OH excluding ortho intramolecular Hbond substituents is 1. The first-order valence-corrected chi connectivity index (χ1v) is 7.80. The fourth-order valence-electron chi connectivity index (χ4n) is 2.52. The molecule has 1 aromatic heterocycles. The van der Waals surface area contributed by atoms with Crippen molar-refractivity contribution in [3.8, 4) is 5.75 Å². The van der Waals surface area contributed by atoms with E-state index in [1.54, 1.807) is 35.6 Å². The Morgan fingerprint density at radius 3 is 2.71 bits per heavy atom. The molecular formula is C16H17NO3S. The van der Waals surface area contributed by atoms with E-state index < -0.39 is 6.04 Å². The Morgan fingerprint density at radius 1 is 1.33 bits per heavy atom. The van der Waals surface area contributed by atoms with Crippen molar-refractivity contribution in [1.82, 2.24) is 5.32 Å². The summed E-state index contributed by atoms with van der Waals surface area (Å²) in [6.07, 6.45) is 0.875. The average Bonchev–Trinajstić information content (AvgIpc) is 3.11. The standard InChI is InChI=1S/C16H17NO3S/c18-9-14(10-3-5-11(19)6-4-10)17-16(20)13-8-12(13)15-2-1-7-21-15/h1-7,12-14,18-19H,8-9H2,(H,17,20)/t12-,13-,14-/m0/s1. The maximum Gasteiger partial charge on any atom is 0.224 e. The number of carbonyl (C=O) groups is 1. The molecule has 1 heterocycles. The van der Waals surface area contributed by atoms with Crippen molar-refractivity contribution in [2.24, 2.45) is 5.92 Å². The molecule has 0 bridgehead atoms. The maximum absolute atomic E-state index is 12.3. The van der Waals surface area contributed by atoms with E-state index in [9.17, 15) is 15.0 Å². The van der Waals surface area contributed by atoms with Gasteiger partial charge in [0.25, 0.3) is 0 Å². The van der Waals surface area contributed by atoms with E-state index in [4.69, 9.17) is 0 Å². The number of phenols is 1. The average molecular weight is 303 g/mol. The summed E-state index contributed by atoms with van der Waals surface area (Å²) < 4.78 is 0. The molecule has 3 rings (SSSR count). The van der Waals surface area contributed by atoms with Crippen LogP contribution in [-0.4, -0.2) is 22.7 Å². The van der Waals surface area contributed by atoms with E-state index in [0.29, 0.717) is 5.92 Å². The normalized spacial score (nSPS) is 21.8. The number of aliphatic hydroxyl groups is 1. The monoisotopic (exact) mass is 303 g/mol. The van der Waals surface area contributed by atoms with E-state index in [2.05, 4.69) is 11.4 Å². The first kappa shape index (κ1) is 14.1. The second kappa shape index (κ2) is 5.87. The van der Waals surface area contributed by atoms with E-state index in [-0.39, 0.29) is 24.2 Å². The molecule has 0 radical (unpaired) electrons. The number of nitrogens with one attached hydrogen (secondary N) is 1. The van der Waals surface area contributed by atoms with Crippen LogP contribution in [-0.2, 0) is 4.79 Å². The zero-order chi connectivity index (χ0) is 14.8. The van der Waals surface area contributed by atoms with Gasteiger partial charge in [0.15, 0.2) is 0 Å². The summed E-state index contributed by atoms with van der Waals surface area (Å²) in [5, 5.41) is 23.7. The zero-order valence-electron chi connectivity index (χ0n) is 11.4. The summed E-state index contributed by atoms with van der Waals surface area (Å²) in [6, 6.07) is 10.2. The number of benzene rings is 1. The summed E-state index contributed by atoms with van der Waals surface area (Å²) in [6.45, 7) is -0.160. The molecule has 0 unspecified atom stereocenters. The third-order valence-corrected chi connectivity index (χ3v) is 4.83. The van der Waals surface area contributed by atoms with Crippen molar-refractivity contribution < 1.29 is 15.0 Å². The molecule has 1 fully saturated rings. The van der Waals surface area contributed by atoms with Crippen LogP contribution in [0.3, 0.4) is 0 Å². The lowest BCUT2D eigenvalue weighted by molar-refractivity contribution is -0.123. The van der Waals surface area contributed by atoms with Gasteiger partial charge in [0.2, 0.25) is 5.91 Å². The molecule has 5 heteroatoms. The smallest absolute Gasteiger partial charge is 0.224 e. The number of aliphatic hydroxyl groups excluding tert-OH is 1. The minimum atomic E-state index is -0.428. The first-order valence-electron chi connectivity index (χ1n) is 6.92. The fourth-order valence-corrected chi connectivity index (χ4v) is 3.43. The number of hydrogen-bond acceptors (Lipinski definition) is 4. The minimum absolute atomic E-state index is 0.00909. The predicted molar refractivity (Wildman–Crippen MR) is 81.2 cm³/mol. The number of amides is 1. The molecule has 1 aliphatic carbocycles. The van der Waals surface area contributed by atoms with Crippen molar-refractivity contribution in [2.45, 2.75) is 18.4 Å². The van der Waals surface area contributed by atoms with Crippen molar-refractivity contribution in [2.75, 3.05) is 6.61 Å². The Labute approximate surface area is 127 Å². The van der Waals surface area contributed by atoms with Gasteiger partial charge in [-0.2, -0.15) is 0 Å². The molecule has 1 aromatic carbocycles. The number of rotatable bonds is 5. The van der Waals surface area contributed by atoms with E-state index in [1.165, 1.54) is 4.88 Å². The molecule has 1 amide bonds. The highest BCUT2D eigenvalue weighted by atomic mass is 32.1. The number of thiophene rings is 1. The molecule has 0 spiro atoms. The molecule has 0 aliphatic heterocycles. The Kier molecular flexibility index (Phi) is 3.94. The summed E-state index contributed by atoms with van der Waals surface area (Å²) in [5.74, 6) is 0.487. The van der Waals surface area contributed by atoms with Gasteiger partial charge in [-0.15, -0.1) is 11.3 Å². The molecule has 21 heavy (non-hydrogen) atoms. The van der Waals surface area contributed by atoms with Gasteiger partial charge >= 0.3 is 0 Å². The van der Waals surface area contributed by atoms with E-state index >= 15 is 0 Å². The van der Waals surface area contributed by atoms with E-state index in [1.807, 2.05) is 11.4 Å². The molecule has 3 N–H and O–H groups in total. The molecule has 1 aliphatic rings. The topological polar surface area (TPSA) is 69.6 Å². The third kappa shape index (κ3) is 3.09. The summed E-state index contributed by atoms with van der Waals surface area (Å²) in [4.78, 5) is 13.5. The number of hydrogen-bond donors (Lipinski definition) is 3. The van der Waals surface area contributed by atoms with Crippen LogP contribution in [0.25, 0.3) is 0 Å². The highest BCUT2D eigenvalue weighted by molar-refractivity contribution is 7.10. The third-order valence-electron chi connectivity index (χ3n) is 3.83. The Balaban J connectivity index is 1.62. The van der Waals surface area contributed by atoms with Gasteiger partial charge in [0.05, 0.1) is 12.6 Å². The summed E-state index contributed by atoms with van der Waals surface area (Å²) in [7, 11) is 0. The molecule has 1 saturated carbocycles. The van der Waals surface area contributed by atoms with Crippen LogP contribution >= 0.6 is 11.3 Å². The molecule has 2 aromatic rings. The van der Waals surface area contributed by atoms with Crippen LogP contribution < -0.4 is 5.32 Å². The van der Waals surface area contributed by atoms with E-state index in [0.717, 1.165) is 12.0 Å². The largest absolute Gasteiger partial charge is 0.508 e. The maximum atomic E-state index is 12.3. The van der Waals surface area contributed by atoms with Gasteiger partial charge in [-0.1, -0.05) is 18.2 Å². The van der Waals surface area contributed by atoms with Gasteiger partial charge in [-0.25, -0.2) is 0 Å². The second-order valence-electron chi connectivity index (χ2n) is 5.30. The van der Waals surface area contributed by atoms with Crippen LogP contribution in [0.15, 0.2) is 41.8 Å². The Bertz CT molecular complexity index is 609. The van der Waals surface area contributed by atoms with Crippen LogP contribution in [0.4, 0.5) is 0 Å². The van der Waals surface area contributed by atoms with Gasteiger partial charge < -0.3 is 15.5 Å². The van der Waals surface area contributed by atoms with Crippen molar-refractivity contribution in [3.05, 3.63) is 52.2 Å². The quantitative estimate of drug-likeness (QED) is 0.794. The zero-order valence-corrected chi connectivity index (χ0v) is 12.2. The fraction of sp³-hybridized carbons (Fsp3) is 0.312. The van der Waals surface area contributed by atoms with Crippen LogP contribution in [0, 0.1) is 5.92 Å². The lowest BCUT2D eigenvalue weighted by Crippen LogP contribution is -2.32. The minimum Gasteiger partial charge on any atom is -0.508 e. The van der Waals surface area contributed by atoms with Gasteiger partial charge in [0, 0.05) is 16.7 Å². The molecule has 4 nitrogen and oxygen atoms in total. The highest BCUT2D eigenvalue weighted by Crippen LogP contribution is 2.49. The van der Waals surface area contributed by atoms with Gasteiger partial charge in [-0.3, -0.25) is 4.79 Å². The molecular weight excluding hydrogens is 286 g/mol. The van der Waals surface area contributed by atoms with Gasteiger partial charge in [0.1, 0.15) is 5.75 Å². The number of aromatic hydroxyl groups is 1. The van der Waals surface area contributed by atoms with Crippen LogP contribution in [0.5, 0.6) is 5.75 Å². The molecule has 110 valence electrons. The SMILES string of the molecule is O=C(N[C@@H](CO)c1ccc(O)cc1)[C@H]1C[C@@H]1c1cccs1. The highest BCUT2D eigenvalue weighted by Gasteiger charge is 2.44. The number of carbonyl (C=O) groups excluding carboxylic acids is 1. The summed E-state index contributed by atoms with van der Waals surface area (Å²) in [5.41, 5.74) is 0.789. The molecule has 0 saturated heterocycles. The van der Waals surface area contributed by atoms with Crippen molar-refractivity contribution >= 4 is 17.2 Å². The van der Waals surface area contributed by atoms with Crippen molar-refractivity contribution in [3.63, 3.8) is 0 Å². The molecule has 3 atom stereocenters. The Hall–Kier alpha value is -1.85. The van der Waals surface area contributed by atoms with Gasteiger partial charge in [-0.05, 0) is 35.6 Å². The van der Waals surface area contributed by atoms with Crippen LogP contribution in [0.2, 0.25) is 0 Å². The van der Waals surface area contributed by atoms with Crippen LogP contribution in [0.1, 0.15) is 28.8 Å².